The lowest BCUT2D eigenvalue weighted by atomic mass is 10.3. The lowest BCUT2D eigenvalue weighted by Crippen LogP contribution is -1.95. The van der Waals surface area contributed by atoms with Crippen LogP contribution in [-0.4, -0.2) is 9.97 Å². The van der Waals surface area contributed by atoms with Gasteiger partial charge in [0.15, 0.2) is 11.6 Å². The Morgan fingerprint density at radius 3 is 2.82 bits per heavy atom. The molecule has 0 saturated carbocycles. The van der Waals surface area contributed by atoms with Crippen molar-refractivity contribution in [3.8, 4) is 11.6 Å². The maximum atomic E-state index is 13.5. The summed E-state index contributed by atoms with van der Waals surface area (Å²) in [4.78, 5) is 7.69. The van der Waals surface area contributed by atoms with E-state index in [2.05, 4.69) is 25.9 Å². The van der Waals surface area contributed by atoms with Crippen molar-refractivity contribution in [3.63, 3.8) is 0 Å². The molecule has 0 aliphatic rings. The van der Waals surface area contributed by atoms with Crippen LogP contribution in [0.4, 0.5) is 4.39 Å². The van der Waals surface area contributed by atoms with Gasteiger partial charge in [-0.15, -0.1) is 0 Å². The molecule has 0 unspecified atom stereocenters. The molecule has 2 rings (SSSR count). The van der Waals surface area contributed by atoms with E-state index in [0.29, 0.717) is 10.0 Å². The Hall–Kier alpha value is -1.20. The fourth-order valence-electron chi connectivity index (χ4n) is 1.18. The molecule has 0 N–H and O–H groups in total. The van der Waals surface area contributed by atoms with Crippen molar-refractivity contribution in [1.82, 2.24) is 9.97 Å². The summed E-state index contributed by atoms with van der Waals surface area (Å²) < 4.78 is 19.5. The number of benzene rings is 1. The van der Waals surface area contributed by atoms with Gasteiger partial charge in [-0.3, -0.25) is 0 Å². The second-order valence-corrected chi connectivity index (χ2v) is 4.55. The molecule has 1 aromatic carbocycles. The van der Waals surface area contributed by atoms with Gasteiger partial charge in [-0.2, -0.15) is 0 Å². The molecule has 1 heterocycles. The first-order valence-electron chi connectivity index (χ1n) is 4.68. The summed E-state index contributed by atoms with van der Waals surface area (Å²) >= 11 is 8.98. The van der Waals surface area contributed by atoms with Gasteiger partial charge in [-0.1, -0.05) is 27.5 Å². The first kappa shape index (κ1) is 12.3. The molecule has 0 spiro atoms. The average Bonchev–Trinajstić information content (AvgIpc) is 2.28. The Balaban J connectivity index is 2.35. The van der Waals surface area contributed by atoms with Crippen molar-refractivity contribution in [2.45, 2.75) is 6.92 Å². The van der Waals surface area contributed by atoms with Gasteiger partial charge >= 0.3 is 0 Å². The van der Waals surface area contributed by atoms with E-state index >= 15 is 0 Å². The van der Waals surface area contributed by atoms with Crippen molar-refractivity contribution in [2.24, 2.45) is 0 Å². The lowest BCUT2D eigenvalue weighted by Gasteiger charge is -2.08. The Kier molecular flexibility index (Phi) is 3.59. The molecular formula is C11H7BrClFN2O. The maximum absolute atomic E-state index is 13.5. The quantitative estimate of drug-likeness (QED) is 0.781. The van der Waals surface area contributed by atoms with E-state index < -0.39 is 5.82 Å². The number of ether oxygens (including phenoxy) is 1. The van der Waals surface area contributed by atoms with Crippen LogP contribution in [0.15, 0.2) is 29.0 Å². The van der Waals surface area contributed by atoms with Gasteiger partial charge in [0.2, 0.25) is 5.88 Å². The van der Waals surface area contributed by atoms with E-state index in [9.17, 15) is 4.39 Å². The molecule has 0 fully saturated rings. The minimum absolute atomic E-state index is 0.0890. The average molecular weight is 318 g/mol. The summed E-state index contributed by atoms with van der Waals surface area (Å²) in [5, 5.41) is 0.285. The number of nitrogens with zero attached hydrogens (tertiary/aromatic N) is 2. The Bertz CT molecular complexity index is 565. The number of aromatic nitrogens is 2. The van der Waals surface area contributed by atoms with Crippen molar-refractivity contribution in [2.75, 3.05) is 0 Å². The third-order valence-corrected chi connectivity index (χ3v) is 2.95. The van der Waals surface area contributed by atoms with E-state index in [1.807, 2.05) is 0 Å². The molecule has 3 nitrogen and oxygen atoms in total. The van der Waals surface area contributed by atoms with Gasteiger partial charge in [-0.05, 0) is 25.1 Å². The molecule has 0 radical (unpaired) electrons. The predicted molar refractivity (Wildman–Crippen MR) is 66.0 cm³/mol. The van der Waals surface area contributed by atoms with Crippen LogP contribution >= 0.6 is 27.5 Å². The van der Waals surface area contributed by atoms with Crippen LogP contribution in [-0.2, 0) is 0 Å². The van der Waals surface area contributed by atoms with Crippen LogP contribution in [0.2, 0.25) is 5.15 Å². The second-order valence-electron chi connectivity index (χ2n) is 3.27. The summed E-state index contributed by atoms with van der Waals surface area (Å²) in [6.45, 7) is 1.70. The van der Waals surface area contributed by atoms with Crippen LogP contribution in [0, 0.1) is 12.7 Å². The summed E-state index contributed by atoms with van der Waals surface area (Å²) in [6.07, 6.45) is 1.27. The highest BCUT2D eigenvalue weighted by atomic mass is 79.9. The molecule has 0 bridgehead atoms. The number of hydrogen-bond donors (Lipinski definition) is 0. The Morgan fingerprint density at radius 2 is 2.12 bits per heavy atom. The topological polar surface area (TPSA) is 35.0 Å². The van der Waals surface area contributed by atoms with E-state index in [-0.39, 0.29) is 16.8 Å². The molecule has 88 valence electrons. The highest BCUT2D eigenvalue weighted by Gasteiger charge is 2.10. The van der Waals surface area contributed by atoms with Crippen molar-refractivity contribution >= 4 is 27.5 Å². The van der Waals surface area contributed by atoms with Gasteiger partial charge in [0.25, 0.3) is 0 Å². The van der Waals surface area contributed by atoms with Crippen molar-refractivity contribution < 1.29 is 9.13 Å². The normalized spacial score (nSPS) is 10.4. The Morgan fingerprint density at radius 1 is 1.35 bits per heavy atom. The van der Waals surface area contributed by atoms with Crippen LogP contribution in [0.1, 0.15) is 5.56 Å². The van der Waals surface area contributed by atoms with E-state index in [0.717, 1.165) is 0 Å². The fraction of sp³-hybridized carbons (Fsp3) is 0.0909. The SMILES string of the molecule is Cc1c(Cl)ncnc1Oc1ccc(Br)cc1F. The zero-order valence-corrected chi connectivity index (χ0v) is 11.1. The summed E-state index contributed by atoms with van der Waals surface area (Å²) in [5.41, 5.74) is 0.566. The fourth-order valence-corrected chi connectivity index (χ4v) is 1.64. The summed E-state index contributed by atoms with van der Waals surface area (Å²) in [7, 11) is 0. The minimum Gasteiger partial charge on any atom is -0.435 e. The van der Waals surface area contributed by atoms with Gasteiger partial charge in [0.1, 0.15) is 11.5 Å². The number of hydrogen-bond acceptors (Lipinski definition) is 3. The molecule has 0 amide bonds. The monoisotopic (exact) mass is 316 g/mol. The third kappa shape index (κ3) is 2.73. The highest BCUT2D eigenvalue weighted by Crippen LogP contribution is 2.29. The smallest absolute Gasteiger partial charge is 0.226 e. The standard InChI is InChI=1S/C11H7BrClFN2O/c1-6-10(13)15-5-16-11(6)17-9-3-2-7(12)4-8(9)14/h2-5H,1H3. The van der Waals surface area contributed by atoms with Crippen molar-refractivity contribution in [1.29, 1.82) is 0 Å². The number of rotatable bonds is 2. The number of halogens is 3. The third-order valence-electron chi connectivity index (χ3n) is 2.08. The molecule has 0 saturated heterocycles. The van der Waals surface area contributed by atoms with Crippen LogP contribution < -0.4 is 4.74 Å². The first-order chi connectivity index (χ1) is 8.08. The molecule has 0 aliphatic carbocycles. The summed E-state index contributed by atoms with van der Waals surface area (Å²) in [5.74, 6) is -0.147. The zero-order chi connectivity index (χ0) is 12.4. The lowest BCUT2D eigenvalue weighted by molar-refractivity contribution is 0.423. The van der Waals surface area contributed by atoms with Gasteiger partial charge < -0.3 is 4.74 Å². The Labute approximate surface area is 111 Å². The van der Waals surface area contributed by atoms with E-state index in [1.165, 1.54) is 18.5 Å². The van der Waals surface area contributed by atoms with Crippen LogP contribution in [0.25, 0.3) is 0 Å². The maximum Gasteiger partial charge on any atom is 0.226 e. The molecular weight excluding hydrogens is 310 g/mol. The van der Waals surface area contributed by atoms with Gasteiger partial charge in [0, 0.05) is 10.0 Å². The largest absolute Gasteiger partial charge is 0.435 e. The second kappa shape index (κ2) is 4.98. The van der Waals surface area contributed by atoms with Crippen LogP contribution in [0.5, 0.6) is 11.6 Å². The zero-order valence-electron chi connectivity index (χ0n) is 8.75. The highest BCUT2D eigenvalue weighted by molar-refractivity contribution is 9.10. The molecule has 2 aromatic rings. The predicted octanol–water partition coefficient (Wildman–Crippen LogP) is 4.13. The van der Waals surface area contributed by atoms with Gasteiger partial charge in [-0.25, -0.2) is 14.4 Å². The summed E-state index contributed by atoms with van der Waals surface area (Å²) in [6, 6.07) is 4.50. The molecule has 1 aromatic heterocycles. The van der Waals surface area contributed by atoms with E-state index in [4.69, 9.17) is 16.3 Å². The van der Waals surface area contributed by atoms with Gasteiger partial charge in [0.05, 0.1) is 0 Å². The van der Waals surface area contributed by atoms with Crippen LogP contribution in [0.3, 0.4) is 0 Å². The van der Waals surface area contributed by atoms with E-state index in [1.54, 1.807) is 13.0 Å². The molecule has 0 atom stereocenters. The minimum atomic E-state index is -0.478. The van der Waals surface area contributed by atoms with Crippen molar-refractivity contribution in [3.05, 3.63) is 45.5 Å². The molecule has 17 heavy (non-hydrogen) atoms. The molecule has 0 aliphatic heterocycles. The molecule has 6 heteroatoms. The first-order valence-corrected chi connectivity index (χ1v) is 5.85.